The van der Waals surface area contributed by atoms with E-state index in [1.165, 1.54) is 5.55 Å². The molecule has 6 heteroatoms. The Kier molecular flexibility index (Phi) is 51.4. The molecule has 2 N–H and O–H groups in total. The predicted molar refractivity (Wildman–Crippen MR) is 57.8 cm³/mol. The van der Waals surface area contributed by atoms with Gasteiger partial charge in [-0.05, 0) is 43.6 Å². The zero-order chi connectivity index (χ0) is 9.54. The lowest BCUT2D eigenvalue weighted by Gasteiger charge is -1.82. The molecule has 0 aliphatic rings. The summed E-state index contributed by atoms with van der Waals surface area (Å²) < 4.78 is 4.52. The first kappa shape index (κ1) is 17.0. The summed E-state index contributed by atoms with van der Waals surface area (Å²) in [6.45, 7) is 2.58. The Morgan fingerprint density at radius 1 is 1.18 bits per heavy atom. The first-order chi connectivity index (χ1) is 5.24. The van der Waals surface area contributed by atoms with Crippen LogP contribution in [0.1, 0.15) is 6.92 Å². The fourth-order valence-electron chi connectivity index (χ4n) is 0.0680. The van der Waals surface area contributed by atoms with Crippen molar-refractivity contribution in [2.45, 2.75) is 6.92 Å². The maximum absolute atomic E-state index is 7.26. The summed E-state index contributed by atoms with van der Waals surface area (Å²) in [7, 11) is 0. The Hall–Kier alpha value is -0.330. The molecule has 0 aromatic heterocycles. The van der Waals surface area contributed by atoms with E-state index in [9.17, 15) is 0 Å². The van der Waals surface area contributed by atoms with Crippen molar-refractivity contribution in [3.05, 3.63) is 0 Å². The molecule has 11 heavy (non-hydrogen) atoms. The highest BCUT2D eigenvalue weighted by molar-refractivity contribution is 7.78. The molecule has 0 aliphatic heterocycles. The van der Waals surface area contributed by atoms with Gasteiger partial charge in [0.05, 0.1) is 6.61 Å². The molecule has 0 fully saturated rings. The van der Waals surface area contributed by atoms with Crippen LogP contribution in [-0.4, -0.2) is 33.5 Å². The minimum atomic E-state index is 0.583. The van der Waals surface area contributed by atoms with E-state index in [4.69, 9.17) is 10.2 Å². The van der Waals surface area contributed by atoms with E-state index in [0.717, 1.165) is 0 Å². The molecule has 0 amide bonds. The van der Waals surface area contributed by atoms with E-state index in [0.29, 0.717) is 17.7 Å². The SMILES string of the molecule is CCOC=S.OC=S.OC=S. The molecule has 0 aromatic carbocycles. The largest absolute Gasteiger partial charge is 0.504 e. The Bertz CT molecular complexity index is 81.0. The second kappa shape index (κ2) is 33.3. The maximum atomic E-state index is 7.26. The standard InChI is InChI=1S/C3H6OS.2CH2OS/c1-2-4-3-5;2*2-1-3/h3H,2H2,1H3;2*1H,(H,2,3). The number of aliphatic hydroxyl groups is 2. The summed E-state index contributed by atoms with van der Waals surface area (Å²) in [5.74, 6) is 0. The minimum absolute atomic E-state index is 0.583. The van der Waals surface area contributed by atoms with Crippen LogP contribution in [-0.2, 0) is 4.74 Å². The van der Waals surface area contributed by atoms with Gasteiger partial charge in [-0.25, -0.2) is 0 Å². The van der Waals surface area contributed by atoms with Crippen molar-refractivity contribution in [3.8, 4) is 0 Å². The molecule has 66 valence electrons. The number of thiocarbonyl (C=S) groups is 3. The van der Waals surface area contributed by atoms with Gasteiger partial charge in [0.2, 0.25) is 0 Å². The Labute approximate surface area is 82.0 Å². The smallest absolute Gasteiger partial charge is 0.146 e. The molecule has 0 saturated carbocycles. The topological polar surface area (TPSA) is 49.7 Å². The fourth-order valence-corrected chi connectivity index (χ4v) is 0.204. The third-order valence-electron chi connectivity index (χ3n) is 0.235. The van der Waals surface area contributed by atoms with Crippen LogP contribution in [0.2, 0.25) is 0 Å². The summed E-state index contributed by atoms with van der Waals surface area (Å²) in [6.07, 6.45) is 0. The highest BCUT2D eigenvalue weighted by Gasteiger charge is 1.57. The average Bonchev–Trinajstić information content (AvgIpc) is 1.92. The lowest BCUT2D eigenvalue weighted by atomic mass is 10.9. The van der Waals surface area contributed by atoms with Crippen molar-refractivity contribution in [2.75, 3.05) is 6.61 Å². The van der Waals surface area contributed by atoms with Gasteiger partial charge in [-0.1, -0.05) is 0 Å². The van der Waals surface area contributed by atoms with Crippen LogP contribution in [0, 0.1) is 0 Å². The minimum Gasteiger partial charge on any atom is -0.504 e. The first-order valence-corrected chi connectivity index (χ1v) is 3.87. The lowest BCUT2D eigenvalue weighted by molar-refractivity contribution is 0.351. The summed E-state index contributed by atoms with van der Waals surface area (Å²) >= 11 is 12.0. The second-order valence-corrected chi connectivity index (χ2v) is 1.38. The molecule has 0 atom stereocenters. The van der Waals surface area contributed by atoms with Crippen LogP contribution in [0.4, 0.5) is 0 Å². The number of hydrogen-bond acceptors (Lipinski definition) is 4. The van der Waals surface area contributed by atoms with Crippen LogP contribution in [0.25, 0.3) is 0 Å². The number of rotatable bonds is 2. The molecule has 3 nitrogen and oxygen atoms in total. The highest BCUT2D eigenvalue weighted by atomic mass is 32.1. The van der Waals surface area contributed by atoms with Gasteiger partial charge in [-0.15, -0.1) is 0 Å². The molecule has 0 aromatic rings. The van der Waals surface area contributed by atoms with Crippen molar-refractivity contribution < 1.29 is 14.9 Å². The molecule has 0 bridgehead atoms. The van der Waals surface area contributed by atoms with Crippen LogP contribution in [0.15, 0.2) is 0 Å². The third kappa shape index (κ3) is 204. The van der Waals surface area contributed by atoms with Crippen LogP contribution >= 0.6 is 36.7 Å². The van der Waals surface area contributed by atoms with Gasteiger partial charge in [0, 0.05) is 0 Å². The molecule has 0 radical (unpaired) electrons. The van der Waals surface area contributed by atoms with Crippen molar-refractivity contribution in [1.82, 2.24) is 0 Å². The number of ether oxygens (including phenoxy) is 1. The maximum Gasteiger partial charge on any atom is 0.146 e. The highest BCUT2D eigenvalue weighted by Crippen LogP contribution is 1.59. The fraction of sp³-hybridized carbons (Fsp3) is 0.400. The molecule has 0 aliphatic carbocycles. The number of aliphatic hydroxyl groups excluding tert-OH is 2. The Balaban J connectivity index is -0.0000000933. The van der Waals surface area contributed by atoms with Crippen molar-refractivity contribution in [3.63, 3.8) is 0 Å². The van der Waals surface area contributed by atoms with E-state index < -0.39 is 0 Å². The van der Waals surface area contributed by atoms with Gasteiger partial charge in [-0.3, -0.25) is 0 Å². The van der Waals surface area contributed by atoms with Gasteiger partial charge in [-0.2, -0.15) is 0 Å². The first-order valence-electron chi connectivity index (χ1n) is 2.45. The average molecular weight is 214 g/mol. The molecule has 0 unspecified atom stereocenters. The molecule has 0 spiro atoms. The van der Waals surface area contributed by atoms with Crippen LogP contribution < -0.4 is 0 Å². The third-order valence-corrected chi connectivity index (χ3v) is 0.371. The molecule has 0 rings (SSSR count). The summed E-state index contributed by atoms with van der Waals surface area (Å²) in [6, 6.07) is 0. The predicted octanol–water partition coefficient (Wildman–Crippen LogP) is 1.98. The van der Waals surface area contributed by atoms with Crippen molar-refractivity contribution in [1.29, 1.82) is 0 Å². The zero-order valence-electron chi connectivity index (χ0n) is 5.97. The normalized spacial score (nSPS) is 5.18. The summed E-state index contributed by atoms with van der Waals surface area (Å²) in [5, 5.41) is 14.5. The molecular weight excluding hydrogens is 204 g/mol. The molecule has 0 heterocycles. The Morgan fingerprint density at radius 2 is 1.45 bits per heavy atom. The van der Waals surface area contributed by atoms with Gasteiger partial charge < -0.3 is 14.9 Å². The summed E-state index contributed by atoms with van der Waals surface area (Å²) in [5.41, 5.74) is 2.43. The van der Waals surface area contributed by atoms with Crippen molar-refractivity contribution in [2.24, 2.45) is 0 Å². The van der Waals surface area contributed by atoms with Crippen LogP contribution in [0.3, 0.4) is 0 Å². The van der Waals surface area contributed by atoms with Gasteiger partial charge in [0.15, 0.2) is 0 Å². The Morgan fingerprint density at radius 3 is 1.45 bits per heavy atom. The lowest BCUT2D eigenvalue weighted by Crippen LogP contribution is -1.78. The molecule has 0 saturated heterocycles. The van der Waals surface area contributed by atoms with E-state index in [-0.39, 0.29) is 0 Å². The zero-order valence-corrected chi connectivity index (χ0v) is 8.42. The van der Waals surface area contributed by atoms with Gasteiger partial charge in [0.25, 0.3) is 0 Å². The van der Waals surface area contributed by atoms with Gasteiger partial charge in [0.1, 0.15) is 16.7 Å². The summed E-state index contributed by atoms with van der Waals surface area (Å²) in [4.78, 5) is 0. The monoisotopic (exact) mass is 214 g/mol. The molecular formula is C5H10O3S3. The van der Waals surface area contributed by atoms with E-state index in [1.54, 1.807) is 0 Å². The van der Waals surface area contributed by atoms with E-state index in [2.05, 4.69) is 41.4 Å². The van der Waals surface area contributed by atoms with Crippen LogP contribution in [0.5, 0.6) is 0 Å². The van der Waals surface area contributed by atoms with E-state index in [1.807, 2.05) is 6.92 Å². The van der Waals surface area contributed by atoms with Gasteiger partial charge >= 0.3 is 0 Å². The second-order valence-electron chi connectivity index (χ2n) is 0.762. The quantitative estimate of drug-likeness (QED) is 0.686. The number of hydrogen-bond donors (Lipinski definition) is 2. The van der Waals surface area contributed by atoms with E-state index >= 15 is 0 Å². The van der Waals surface area contributed by atoms with Crippen molar-refractivity contribution >= 4 is 53.3 Å².